The molecule has 1 aromatic rings. The van der Waals surface area contributed by atoms with E-state index in [0.717, 1.165) is 0 Å². The molecule has 1 fully saturated rings. The Bertz CT molecular complexity index is 673. The van der Waals surface area contributed by atoms with Gasteiger partial charge in [0.05, 0.1) is 11.0 Å². The fourth-order valence-corrected chi connectivity index (χ4v) is 3.84. The minimum atomic E-state index is -3.55. The first kappa shape index (κ1) is 18.9. The summed E-state index contributed by atoms with van der Waals surface area (Å²) in [6.07, 6.45) is -0.454. The van der Waals surface area contributed by atoms with Gasteiger partial charge < -0.3 is 15.7 Å². The first-order chi connectivity index (χ1) is 11.2. The molecular formula is C16H25N3O4S. The van der Waals surface area contributed by atoms with Crippen LogP contribution < -0.4 is 10.6 Å². The van der Waals surface area contributed by atoms with Crippen LogP contribution in [-0.4, -0.2) is 62.6 Å². The van der Waals surface area contributed by atoms with Gasteiger partial charge in [0.1, 0.15) is 0 Å². The highest BCUT2D eigenvalue weighted by Gasteiger charge is 2.26. The van der Waals surface area contributed by atoms with Crippen molar-refractivity contribution in [2.45, 2.75) is 30.9 Å². The number of hydrogen-bond acceptors (Lipinski definition) is 5. The van der Waals surface area contributed by atoms with Crippen molar-refractivity contribution in [2.75, 3.05) is 26.7 Å². The summed E-state index contributed by atoms with van der Waals surface area (Å²) in [5.74, 6) is -0.288. The maximum absolute atomic E-state index is 12.4. The van der Waals surface area contributed by atoms with Crippen LogP contribution in [0, 0.1) is 5.92 Å². The van der Waals surface area contributed by atoms with Gasteiger partial charge in [-0.05, 0) is 38.1 Å². The summed E-state index contributed by atoms with van der Waals surface area (Å²) in [5, 5.41) is 15.5. The van der Waals surface area contributed by atoms with E-state index in [1.807, 2.05) is 0 Å². The Balaban J connectivity index is 2.02. The topological polar surface area (TPSA) is 98.7 Å². The lowest BCUT2D eigenvalue weighted by Crippen LogP contribution is -2.34. The molecule has 24 heavy (non-hydrogen) atoms. The number of aliphatic hydroxyl groups excluding tert-OH is 1. The zero-order valence-electron chi connectivity index (χ0n) is 14.2. The lowest BCUT2D eigenvalue weighted by atomic mass is 10.1. The predicted octanol–water partition coefficient (Wildman–Crippen LogP) is 0.0256. The van der Waals surface area contributed by atoms with Gasteiger partial charge in [-0.2, -0.15) is 4.31 Å². The summed E-state index contributed by atoms with van der Waals surface area (Å²) in [4.78, 5) is 12.3. The number of carbonyl (C=O) groups excluding carboxylic acids is 1. The second-order valence-electron chi connectivity index (χ2n) is 6.34. The molecule has 1 aliphatic heterocycles. The molecule has 0 spiro atoms. The molecule has 1 saturated heterocycles. The van der Waals surface area contributed by atoms with Gasteiger partial charge in [0.25, 0.3) is 5.91 Å². The van der Waals surface area contributed by atoms with Gasteiger partial charge in [-0.25, -0.2) is 8.42 Å². The highest BCUT2D eigenvalue weighted by atomic mass is 32.2. The maximum Gasteiger partial charge on any atom is 0.251 e. The molecule has 0 aliphatic carbocycles. The van der Waals surface area contributed by atoms with E-state index in [-0.39, 0.29) is 22.8 Å². The molecule has 1 amide bonds. The lowest BCUT2D eigenvalue weighted by molar-refractivity contribution is 0.0927. The van der Waals surface area contributed by atoms with Crippen LogP contribution in [0.2, 0.25) is 0 Å². The Hall–Kier alpha value is -1.48. The quantitative estimate of drug-likeness (QED) is 0.668. The molecule has 7 nitrogen and oxygen atoms in total. The van der Waals surface area contributed by atoms with Gasteiger partial charge in [-0.1, -0.05) is 0 Å². The van der Waals surface area contributed by atoms with Gasteiger partial charge >= 0.3 is 0 Å². The van der Waals surface area contributed by atoms with Crippen LogP contribution in [0.3, 0.4) is 0 Å². The van der Waals surface area contributed by atoms with Crippen molar-refractivity contribution in [1.82, 2.24) is 14.9 Å². The molecule has 1 heterocycles. The fraction of sp³-hybridized carbons (Fsp3) is 0.562. The van der Waals surface area contributed by atoms with Crippen LogP contribution in [0.4, 0.5) is 0 Å². The number of nitrogens with one attached hydrogen (secondary N) is 2. The summed E-state index contributed by atoms with van der Waals surface area (Å²) in [6, 6.07) is 5.73. The first-order valence-electron chi connectivity index (χ1n) is 7.98. The molecule has 2 atom stereocenters. The van der Waals surface area contributed by atoms with Crippen molar-refractivity contribution in [2.24, 2.45) is 5.92 Å². The molecule has 8 heteroatoms. The molecule has 1 aliphatic rings. The second kappa shape index (κ2) is 7.60. The highest BCUT2D eigenvalue weighted by Crippen LogP contribution is 2.17. The van der Waals surface area contributed by atoms with Crippen molar-refractivity contribution in [3.63, 3.8) is 0 Å². The van der Waals surface area contributed by atoms with Gasteiger partial charge in [0, 0.05) is 44.2 Å². The average Bonchev–Trinajstić information content (AvgIpc) is 2.97. The summed E-state index contributed by atoms with van der Waals surface area (Å²) in [7, 11) is -2.02. The number of sulfonamides is 1. The Morgan fingerprint density at radius 2 is 1.96 bits per heavy atom. The van der Waals surface area contributed by atoms with Gasteiger partial charge in [-0.15, -0.1) is 0 Å². The molecule has 0 radical (unpaired) electrons. The van der Waals surface area contributed by atoms with E-state index in [1.54, 1.807) is 13.8 Å². The maximum atomic E-state index is 12.4. The zero-order chi connectivity index (χ0) is 17.9. The van der Waals surface area contributed by atoms with Crippen molar-refractivity contribution in [1.29, 1.82) is 0 Å². The fourth-order valence-electron chi connectivity index (χ4n) is 2.48. The van der Waals surface area contributed by atoms with E-state index in [9.17, 15) is 18.3 Å². The minimum absolute atomic E-state index is 0.00621. The number of benzene rings is 1. The van der Waals surface area contributed by atoms with E-state index in [4.69, 9.17) is 0 Å². The minimum Gasteiger partial charge on any atom is -0.391 e. The summed E-state index contributed by atoms with van der Waals surface area (Å²) < 4.78 is 26.1. The SMILES string of the molecule is CC(C)N(C)S(=O)(=O)c1ccc(C(=O)NCC2CNCC2O)cc1. The Morgan fingerprint density at radius 3 is 2.46 bits per heavy atom. The van der Waals surface area contributed by atoms with Crippen molar-refractivity contribution >= 4 is 15.9 Å². The third-order valence-corrected chi connectivity index (χ3v) is 6.40. The normalized spacial score (nSPS) is 21.4. The number of hydrogen-bond donors (Lipinski definition) is 3. The highest BCUT2D eigenvalue weighted by molar-refractivity contribution is 7.89. The summed E-state index contributed by atoms with van der Waals surface area (Å²) in [6.45, 7) is 5.18. The van der Waals surface area contributed by atoms with Crippen LogP contribution in [0.5, 0.6) is 0 Å². The molecular weight excluding hydrogens is 330 g/mol. The summed E-state index contributed by atoms with van der Waals surface area (Å²) >= 11 is 0. The van der Waals surface area contributed by atoms with Gasteiger partial charge in [-0.3, -0.25) is 4.79 Å². The van der Waals surface area contributed by atoms with Crippen LogP contribution >= 0.6 is 0 Å². The number of amides is 1. The predicted molar refractivity (Wildman–Crippen MR) is 91.2 cm³/mol. The third kappa shape index (κ3) is 4.13. The number of rotatable bonds is 6. The van der Waals surface area contributed by atoms with Crippen LogP contribution in [0.25, 0.3) is 0 Å². The second-order valence-corrected chi connectivity index (χ2v) is 8.33. The molecule has 1 aromatic carbocycles. The molecule has 0 bridgehead atoms. The number of nitrogens with zero attached hydrogens (tertiary/aromatic N) is 1. The standard InChI is InChI=1S/C16H25N3O4S/c1-11(2)19(3)24(22,23)14-6-4-12(5-7-14)16(21)18-9-13-8-17-10-15(13)20/h4-7,11,13,15,17,20H,8-10H2,1-3H3,(H,18,21). The van der Waals surface area contributed by atoms with E-state index in [1.165, 1.54) is 35.6 Å². The average molecular weight is 355 g/mol. The van der Waals surface area contributed by atoms with Gasteiger partial charge in [0.2, 0.25) is 10.0 Å². The van der Waals surface area contributed by atoms with Crippen LogP contribution in [0.1, 0.15) is 24.2 Å². The zero-order valence-corrected chi connectivity index (χ0v) is 15.0. The number of carbonyl (C=O) groups is 1. The molecule has 0 saturated carbocycles. The lowest BCUT2D eigenvalue weighted by Gasteiger charge is -2.21. The van der Waals surface area contributed by atoms with Crippen molar-refractivity contribution in [3.05, 3.63) is 29.8 Å². The van der Waals surface area contributed by atoms with Crippen LogP contribution in [0.15, 0.2) is 29.2 Å². The Kier molecular flexibility index (Phi) is 5.97. The monoisotopic (exact) mass is 355 g/mol. The Labute approximate surface area is 143 Å². The summed E-state index contributed by atoms with van der Waals surface area (Å²) in [5.41, 5.74) is 0.390. The molecule has 2 rings (SSSR count). The first-order valence-corrected chi connectivity index (χ1v) is 9.42. The molecule has 3 N–H and O–H groups in total. The van der Waals surface area contributed by atoms with E-state index in [2.05, 4.69) is 10.6 Å². The van der Waals surface area contributed by atoms with E-state index < -0.39 is 16.1 Å². The van der Waals surface area contributed by atoms with Crippen LogP contribution in [-0.2, 0) is 10.0 Å². The van der Waals surface area contributed by atoms with E-state index >= 15 is 0 Å². The smallest absolute Gasteiger partial charge is 0.251 e. The molecule has 134 valence electrons. The molecule has 2 unspecified atom stereocenters. The molecule has 0 aromatic heterocycles. The third-order valence-electron chi connectivity index (χ3n) is 4.35. The number of aliphatic hydroxyl groups is 1. The van der Waals surface area contributed by atoms with Gasteiger partial charge in [0.15, 0.2) is 0 Å². The van der Waals surface area contributed by atoms with Crippen molar-refractivity contribution < 1.29 is 18.3 Å². The van der Waals surface area contributed by atoms with Crippen molar-refractivity contribution in [3.8, 4) is 0 Å². The number of β-amino-alcohol motifs (C(OH)–C–C–N with tert-alkyl or cyclic N) is 1. The van der Waals surface area contributed by atoms with E-state index in [0.29, 0.717) is 25.2 Å². The largest absolute Gasteiger partial charge is 0.391 e. The Morgan fingerprint density at radius 1 is 1.33 bits per heavy atom.